The first kappa shape index (κ1) is 20.5. The molecule has 4 bridgehead atoms. The zero-order valence-electron chi connectivity index (χ0n) is 19.7. The molecule has 0 spiro atoms. The van der Waals surface area contributed by atoms with Gasteiger partial charge in [-0.15, -0.1) is 0 Å². The molecule has 32 heavy (non-hydrogen) atoms. The van der Waals surface area contributed by atoms with Crippen LogP contribution >= 0.6 is 0 Å². The standard InChI is InChI=1S/C28H36N2O2/c1-16(24-15-29-25-6-4-5-23(27(24)25)20-7-8-20)9-26(32)30-21-10-19-11-22(30)14-28(12-19,13-21)17(2)18(3)31/h4-6,15-17,19-22,29H,7-14H2,1-3H3. The lowest BCUT2D eigenvalue weighted by Gasteiger charge is -2.63. The van der Waals surface area contributed by atoms with E-state index in [1.807, 2.05) is 0 Å². The van der Waals surface area contributed by atoms with Crippen molar-refractivity contribution in [2.24, 2.45) is 17.3 Å². The second-order valence-electron chi connectivity index (χ2n) is 11.6. The molecule has 1 N–H and O–H groups in total. The quantitative estimate of drug-likeness (QED) is 0.616. The Labute approximate surface area is 191 Å². The number of rotatable bonds is 6. The Morgan fingerprint density at radius 2 is 1.84 bits per heavy atom. The summed E-state index contributed by atoms with van der Waals surface area (Å²) < 4.78 is 0. The number of nitrogens with one attached hydrogen (secondary N) is 1. The maximum absolute atomic E-state index is 13.7. The first-order valence-corrected chi connectivity index (χ1v) is 12.8. The molecule has 3 heterocycles. The number of H-pyrrole nitrogens is 1. The highest BCUT2D eigenvalue weighted by Crippen LogP contribution is 2.59. The van der Waals surface area contributed by atoms with Crippen LogP contribution in [-0.2, 0) is 9.59 Å². The number of carbonyl (C=O) groups excluding carboxylic acids is 2. The predicted octanol–water partition coefficient (Wildman–Crippen LogP) is 5.92. The maximum atomic E-state index is 13.7. The van der Waals surface area contributed by atoms with E-state index in [0.717, 1.165) is 25.7 Å². The molecule has 4 nitrogen and oxygen atoms in total. The van der Waals surface area contributed by atoms with Crippen LogP contribution in [0.15, 0.2) is 24.4 Å². The predicted molar refractivity (Wildman–Crippen MR) is 127 cm³/mol. The van der Waals surface area contributed by atoms with Crippen LogP contribution in [-0.4, -0.2) is 33.7 Å². The van der Waals surface area contributed by atoms with Gasteiger partial charge >= 0.3 is 0 Å². The van der Waals surface area contributed by atoms with E-state index in [1.165, 1.54) is 41.3 Å². The summed E-state index contributed by atoms with van der Waals surface area (Å²) >= 11 is 0. The van der Waals surface area contributed by atoms with Crippen LogP contribution in [0.3, 0.4) is 0 Å². The van der Waals surface area contributed by atoms with Gasteiger partial charge in [0.25, 0.3) is 0 Å². The van der Waals surface area contributed by atoms with Crippen LogP contribution in [0.4, 0.5) is 0 Å². The van der Waals surface area contributed by atoms with Crippen molar-refractivity contribution in [1.29, 1.82) is 0 Å². The van der Waals surface area contributed by atoms with E-state index in [-0.39, 0.29) is 17.3 Å². The minimum Gasteiger partial charge on any atom is -0.361 e. The average molecular weight is 433 g/mol. The lowest BCUT2D eigenvalue weighted by Crippen LogP contribution is -2.65. The van der Waals surface area contributed by atoms with Gasteiger partial charge in [-0.25, -0.2) is 0 Å². The molecular formula is C28H36N2O2. The summed E-state index contributed by atoms with van der Waals surface area (Å²) in [6.45, 7) is 6.11. The van der Waals surface area contributed by atoms with Gasteiger partial charge in [-0.3, -0.25) is 9.59 Å². The highest BCUT2D eigenvalue weighted by Gasteiger charge is 2.57. The number of hydrogen-bond donors (Lipinski definition) is 1. The molecular weight excluding hydrogens is 396 g/mol. The monoisotopic (exact) mass is 432 g/mol. The third-order valence-corrected chi connectivity index (χ3v) is 9.59. The number of Topliss-reactive ketones (excluding diaryl/α,β-unsaturated/α-hetero) is 1. The molecule has 5 fully saturated rings. The largest absolute Gasteiger partial charge is 0.361 e. The highest BCUT2D eigenvalue weighted by atomic mass is 16.2. The second kappa shape index (κ2) is 7.20. The number of ketones is 1. The fourth-order valence-corrected chi connectivity index (χ4v) is 7.89. The number of piperidine rings is 2. The van der Waals surface area contributed by atoms with Gasteiger partial charge in [0.05, 0.1) is 0 Å². The normalized spacial score (nSPS) is 33.0. The molecule has 7 rings (SSSR count). The summed E-state index contributed by atoms with van der Waals surface area (Å²) in [5.41, 5.74) is 4.12. The Balaban J connectivity index is 1.23. The number of benzene rings is 1. The van der Waals surface area contributed by atoms with E-state index >= 15 is 0 Å². The molecule has 2 aromatic rings. The summed E-state index contributed by atoms with van der Waals surface area (Å²) in [4.78, 5) is 31.7. The van der Waals surface area contributed by atoms with Crippen LogP contribution in [0.2, 0.25) is 0 Å². The third-order valence-electron chi connectivity index (χ3n) is 9.59. The molecule has 4 heteroatoms. The van der Waals surface area contributed by atoms with Crippen molar-refractivity contribution >= 4 is 22.6 Å². The fourth-order valence-electron chi connectivity index (χ4n) is 7.89. The van der Waals surface area contributed by atoms with E-state index < -0.39 is 0 Å². The Kier molecular flexibility index (Phi) is 4.61. The third kappa shape index (κ3) is 3.08. The molecule has 1 amide bonds. The molecule has 0 radical (unpaired) electrons. The number of aromatic amines is 1. The lowest BCUT2D eigenvalue weighted by atomic mass is 9.51. The van der Waals surface area contributed by atoms with Crippen LogP contribution < -0.4 is 0 Å². The van der Waals surface area contributed by atoms with Gasteiger partial charge in [0, 0.05) is 41.5 Å². The number of hydrogen-bond acceptors (Lipinski definition) is 2. The topological polar surface area (TPSA) is 53.2 Å². The summed E-state index contributed by atoms with van der Waals surface area (Å²) in [6, 6.07) is 7.28. The lowest BCUT2D eigenvalue weighted by molar-refractivity contribution is -0.166. The second-order valence-corrected chi connectivity index (χ2v) is 11.6. The van der Waals surface area contributed by atoms with Crippen molar-refractivity contribution < 1.29 is 9.59 Å². The Bertz CT molecular complexity index is 1060. The number of amides is 1. The van der Waals surface area contributed by atoms with E-state index in [4.69, 9.17) is 0 Å². The molecule has 3 aliphatic carbocycles. The molecule has 3 saturated carbocycles. The SMILES string of the molecule is CC(=O)C(C)C12CC3CC(C1)N(C(=O)CC(C)c1c[nH]c4cccc(C5CC5)c14)C(C3)C2. The number of fused-ring (bicyclic) bond motifs is 1. The summed E-state index contributed by atoms with van der Waals surface area (Å²) in [7, 11) is 0. The average Bonchev–Trinajstić information content (AvgIpc) is 3.50. The molecule has 5 aliphatic rings. The summed E-state index contributed by atoms with van der Waals surface area (Å²) in [6.07, 6.45) is 10.8. The van der Waals surface area contributed by atoms with Gasteiger partial charge in [0.1, 0.15) is 5.78 Å². The minimum atomic E-state index is 0.124. The van der Waals surface area contributed by atoms with Crippen molar-refractivity contribution in [2.45, 2.75) is 96.1 Å². The minimum absolute atomic E-state index is 0.124. The van der Waals surface area contributed by atoms with E-state index in [2.05, 4.69) is 48.1 Å². The first-order valence-electron chi connectivity index (χ1n) is 12.8. The fraction of sp³-hybridized carbons (Fsp3) is 0.643. The van der Waals surface area contributed by atoms with Gasteiger partial charge in [-0.05, 0) is 92.2 Å². The van der Waals surface area contributed by atoms with E-state index in [0.29, 0.717) is 42.0 Å². The van der Waals surface area contributed by atoms with Gasteiger partial charge in [-0.2, -0.15) is 0 Å². The first-order chi connectivity index (χ1) is 15.4. The zero-order valence-corrected chi connectivity index (χ0v) is 19.7. The Morgan fingerprint density at radius 1 is 1.12 bits per heavy atom. The van der Waals surface area contributed by atoms with E-state index in [1.54, 1.807) is 6.92 Å². The van der Waals surface area contributed by atoms with Crippen molar-refractivity contribution in [1.82, 2.24) is 9.88 Å². The van der Waals surface area contributed by atoms with Crippen LogP contribution in [0.1, 0.15) is 95.1 Å². The zero-order chi connectivity index (χ0) is 22.2. The molecule has 2 aliphatic heterocycles. The van der Waals surface area contributed by atoms with Gasteiger partial charge in [0.2, 0.25) is 5.91 Å². The highest BCUT2D eigenvalue weighted by molar-refractivity contribution is 5.89. The molecule has 4 unspecified atom stereocenters. The molecule has 4 atom stereocenters. The molecule has 170 valence electrons. The molecule has 2 saturated heterocycles. The smallest absolute Gasteiger partial charge is 0.223 e. The van der Waals surface area contributed by atoms with Gasteiger partial charge in [-0.1, -0.05) is 26.0 Å². The van der Waals surface area contributed by atoms with Gasteiger partial charge in [0.15, 0.2) is 0 Å². The van der Waals surface area contributed by atoms with Crippen LogP contribution in [0.25, 0.3) is 10.9 Å². The van der Waals surface area contributed by atoms with Crippen molar-refractivity contribution in [2.75, 3.05) is 0 Å². The number of aromatic nitrogens is 1. The van der Waals surface area contributed by atoms with Crippen LogP contribution in [0, 0.1) is 17.3 Å². The van der Waals surface area contributed by atoms with Gasteiger partial charge < -0.3 is 9.88 Å². The Hall–Kier alpha value is -2.10. The Morgan fingerprint density at radius 3 is 2.50 bits per heavy atom. The van der Waals surface area contributed by atoms with Crippen LogP contribution in [0.5, 0.6) is 0 Å². The van der Waals surface area contributed by atoms with Crippen molar-refractivity contribution in [3.63, 3.8) is 0 Å². The summed E-state index contributed by atoms with van der Waals surface area (Å²) in [5, 5.41) is 1.37. The number of carbonyl (C=O) groups is 2. The summed E-state index contributed by atoms with van der Waals surface area (Å²) in [5.74, 6) is 2.38. The molecule has 1 aromatic heterocycles. The van der Waals surface area contributed by atoms with Crippen molar-refractivity contribution in [3.8, 4) is 0 Å². The van der Waals surface area contributed by atoms with E-state index in [9.17, 15) is 9.59 Å². The maximum Gasteiger partial charge on any atom is 0.223 e. The van der Waals surface area contributed by atoms with Crippen molar-refractivity contribution in [3.05, 3.63) is 35.5 Å². The molecule has 1 aromatic carbocycles. The number of nitrogens with zero attached hydrogens (tertiary/aromatic N) is 1.